The molecule has 2 aromatic rings. The quantitative estimate of drug-likeness (QED) is 0.928. The van der Waals surface area contributed by atoms with E-state index in [1.807, 2.05) is 26.0 Å². The van der Waals surface area contributed by atoms with Crippen LogP contribution in [0.25, 0.3) is 11.5 Å². The van der Waals surface area contributed by atoms with Crippen LogP contribution in [0.15, 0.2) is 16.5 Å². The highest BCUT2D eigenvalue weighted by molar-refractivity contribution is 5.55. The fourth-order valence-electron chi connectivity index (χ4n) is 1.92. The molecule has 0 unspecified atom stereocenters. The zero-order valence-electron chi connectivity index (χ0n) is 12.8. The van der Waals surface area contributed by atoms with Gasteiger partial charge in [0.15, 0.2) is 0 Å². The van der Waals surface area contributed by atoms with Crippen molar-refractivity contribution in [2.75, 3.05) is 6.54 Å². The van der Waals surface area contributed by atoms with Crippen molar-refractivity contribution >= 4 is 0 Å². The third-order valence-electron chi connectivity index (χ3n) is 2.92. The van der Waals surface area contributed by atoms with Crippen LogP contribution in [0.4, 0.5) is 0 Å². The Hall–Kier alpha value is -1.75. The van der Waals surface area contributed by atoms with Crippen molar-refractivity contribution in [3.05, 3.63) is 29.4 Å². The van der Waals surface area contributed by atoms with Gasteiger partial charge in [-0.05, 0) is 46.8 Å². The van der Waals surface area contributed by atoms with Crippen molar-refractivity contribution in [2.24, 2.45) is 0 Å². The minimum Gasteiger partial charge on any atom is -0.421 e. The fourth-order valence-corrected chi connectivity index (χ4v) is 1.92. The van der Waals surface area contributed by atoms with Crippen molar-refractivity contribution in [3.8, 4) is 11.5 Å². The van der Waals surface area contributed by atoms with E-state index in [1.165, 1.54) is 0 Å². The Morgan fingerprint density at radius 1 is 1.15 bits per heavy atom. The molecule has 5 heteroatoms. The molecule has 20 heavy (non-hydrogen) atoms. The second kappa shape index (κ2) is 5.71. The van der Waals surface area contributed by atoms with Crippen LogP contribution in [-0.4, -0.2) is 27.3 Å². The van der Waals surface area contributed by atoms with Gasteiger partial charge in [-0.25, -0.2) is 0 Å². The first-order valence-corrected chi connectivity index (χ1v) is 6.87. The first-order valence-electron chi connectivity index (χ1n) is 6.87. The summed E-state index contributed by atoms with van der Waals surface area (Å²) in [6, 6.07) is 3.93. The Kier molecular flexibility index (Phi) is 4.18. The lowest BCUT2D eigenvalue weighted by Crippen LogP contribution is -2.37. The maximum atomic E-state index is 5.70. The smallest absolute Gasteiger partial charge is 0.249 e. The molecule has 108 valence electrons. The third kappa shape index (κ3) is 3.87. The van der Waals surface area contributed by atoms with Crippen molar-refractivity contribution in [1.82, 2.24) is 20.5 Å². The van der Waals surface area contributed by atoms with Crippen LogP contribution in [0.5, 0.6) is 0 Å². The Bertz CT molecular complexity index is 584. The monoisotopic (exact) mass is 274 g/mol. The number of nitrogens with one attached hydrogen (secondary N) is 1. The summed E-state index contributed by atoms with van der Waals surface area (Å²) < 4.78 is 5.70. The zero-order valence-corrected chi connectivity index (χ0v) is 12.8. The van der Waals surface area contributed by atoms with E-state index in [0.717, 1.165) is 29.9 Å². The molecule has 0 fully saturated rings. The van der Waals surface area contributed by atoms with Gasteiger partial charge in [0.1, 0.15) is 0 Å². The topological polar surface area (TPSA) is 63.8 Å². The van der Waals surface area contributed by atoms with Crippen LogP contribution in [0.1, 0.15) is 38.0 Å². The molecule has 0 aliphatic heterocycles. The first kappa shape index (κ1) is 14.7. The van der Waals surface area contributed by atoms with Gasteiger partial charge in [0.2, 0.25) is 11.8 Å². The maximum absolute atomic E-state index is 5.70. The van der Waals surface area contributed by atoms with Crippen LogP contribution in [0, 0.1) is 13.8 Å². The van der Waals surface area contributed by atoms with Crippen molar-refractivity contribution in [3.63, 3.8) is 0 Å². The summed E-state index contributed by atoms with van der Waals surface area (Å²) in [6.45, 7) is 11.1. The van der Waals surface area contributed by atoms with Crippen molar-refractivity contribution in [2.45, 2.75) is 46.6 Å². The Morgan fingerprint density at radius 2 is 1.90 bits per heavy atom. The summed E-state index contributed by atoms with van der Waals surface area (Å²) in [4.78, 5) is 4.41. The Balaban J connectivity index is 2.05. The standard InChI is InChI=1S/C15H22N4O/c1-10-6-7-12(11(2)17-10)14-19-18-13(20-14)8-9-16-15(3,4)5/h6-7,16H,8-9H2,1-5H3. The van der Waals surface area contributed by atoms with E-state index >= 15 is 0 Å². The van der Waals surface area contributed by atoms with Crippen molar-refractivity contribution in [1.29, 1.82) is 0 Å². The molecule has 5 nitrogen and oxygen atoms in total. The largest absolute Gasteiger partial charge is 0.421 e. The molecule has 1 N–H and O–H groups in total. The molecule has 0 atom stereocenters. The highest BCUT2D eigenvalue weighted by Gasteiger charge is 2.13. The molecule has 0 spiro atoms. The van der Waals surface area contributed by atoms with Gasteiger partial charge in [0, 0.05) is 24.2 Å². The van der Waals surface area contributed by atoms with Crippen LogP contribution in [0.3, 0.4) is 0 Å². The molecule has 0 aliphatic rings. The molecule has 0 saturated heterocycles. The summed E-state index contributed by atoms with van der Waals surface area (Å²) in [5, 5.41) is 11.6. The second-order valence-corrected chi connectivity index (χ2v) is 6.01. The molecular formula is C15H22N4O. The van der Waals surface area contributed by atoms with Crippen LogP contribution < -0.4 is 5.32 Å². The fraction of sp³-hybridized carbons (Fsp3) is 0.533. The molecular weight excluding hydrogens is 252 g/mol. The number of nitrogens with zero attached hydrogens (tertiary/aromatic N) is 3. The Labute approximate surface area is 119 Å². The molecule has 2 rings (SSSR count). The summed E-state index contributed by atoms with van der Waals surface area (Å²) in [7, 11) is 0. The van der Waals surface area contributed by atoms with Crippen LogP contribution in [-0.2, 0) is 6.42 Å². The minimum atomic E-state index is 0.0975. The maximum Gasteiger partial charge on any atom is 0.249 e. The van der Waals surface area contributed by atoms with Gasteiger partial charge in [-0.2, -0.15) is 0 Å². The van der Waals surface area contributed by atoms with Gasteiger partial charge in [-0.15, -0.1) is 10.2 Å². The van der Waals surface area contributed by atoms with E-state index < -0.39 is 0 Å². The van der Waals surface area contributed by atoms with E-state index in [2.05, 4.69) is 41.3 Å². The average Bonchev–Trinajstić information content (AvgIpc) is 2.75. The normalized spacial score (nSPS) is 11.8. The number of rotatable bonds is 4. The highest BCUT2D eigenvalue weighted by Crippen LogP contribution is 2.21. The number of aromatic nitrogens is 3. The average molecular weight is 274 g/mol. The van der Waals surface area contributed by atoms with Crippen molar-refractivity contribution < 1.29 is 4.42 Å². The van der Waals surface area contributed by atoms with Gasteiger partial charge in [-0.3, -0.25) is 4.98 Å². The number of hydrogen-bond donors (Lipinski definition) is 1. The molecule has 0 aliphatic carbocycles. The first-order chi connectivity index (χ1) is 9.35. The van der Waals surface area contributed by atoms with Gasteiger partial charge >= 0.3 is 0 Å². The van der Waals surface area contributed by atoms with E-state index in [9.17, 15) is 0 Å². The van der Waals surface area contributed by atoms with Gasteiger partial charge in [-0.1, -0.05) is 0 Å². The molecule has 2 heterocycles. The molecule has 0 amide bonds. The SMILES string of the molecule is Cc1ccc(-c2nnc(CCNC(C)(C)C)o2)c(C)n1. The molecule has 0 aromatic carbocycles. The van der Waals surface area contributed by atoms with Gasteiger partial charge < -0.3 is 9.73 Å². The third-order valence-corrected chi connectivity index (χ3v) is 2.92. The highest BCUT2D eigenvalue weighted by atomic mass is 16.4. The van der Waals surface area contributed by atoms with E-state index in [4.69, 9.17) is 4.42 Å². The van der Waals surface area contributed by atoms with E-state index in [1.54, 1.807) is 0 Å². The predicted molar refractivity (Wildman–Crippen MR) is 78.5 cm³/mol. The second-order valence-electron chi connectivity index (χ2n) is 6.01. The molecule has 2 aromatic heterocycles. The van der Waals surface area contributed by atoms with Crippen LogP contribution >= 0.6 is 0 Å². The summed E-state index contributed by atoms with van der Waals surface area (Å²) in [5.74, 6) is 1.19. The predicted octanol–water partition coefficient (Wildman–Crippen LogP) is 2.68. The number of pyridine rings is 1. The number of hydrogen-bond acceptors (Lipinski definition) is 5. The molecule has 0 radical (unpaired) electrons. The lowest BCUT2D eigenvalue weighted by molar-refractivity contribution is 0.411. The minimum absolute atomic E-state index is 0.0975. The summed E-state index contributed by atoms with van der Waals surface area (Å²) in [6.07, 6.45) is 0.725. The lowest BCUT2D eigenvalue weighted by Gasteiger charge is -2.19. The van der Waals surface area contributed by atoms with Crippen LogP contribution in [0.2, 0.25) is 0 Å². The molecule has 0 bridgehead atoms. The van der Waals surface area contributed by atoms with E-state index in [0.29, 0.717) is 11.8 Å². The summed E-state index contributed by atoms with van der Waals surface area (Å²) in [5.41, 5.74) is 2.90. The zero-order chi connectivity index (χ0) is 14.8. The summed E-state index contributed by atoms with van der Waals surface area (Å²) >= 11 is 0. The van der Waals surface area contributed by atoms with Gasteiger partial charge in [0.05, 0.1) is 11.3 Å². The lowest BCUT2D eigenvalue weighted by atomic mass is 10.1. The molecule has 0 saturated carbocycles. The van der Waals surface area contributed by atoms with E-state index in [-0.39, 0.29) is 5.54 Å². The Morgan fingerprint density at radius 3 is 2.55 bits per heavy atom. The number of aryl methyl sites for hydroxylation is 2. The van der Waals surface area contributed by atoms with Gasteiger partial charge in [0.25, 0.3) is 0 Å².